The van der Waals surface area contributed by atoms with Gasteiger partial charge in [0.15, 0.2) is 0 Å². The van der Waals surface area contributed by atoms with Crippen LogP contribution in [0.3, 0.4) is 0 Å². The van der Waals surface area contributed by atoms with Crippen LogP contribution in [-0.2, 0) is 14.3 Å². The van der Waals surface area contributed by atoms with Gasteiger partial charge in [0.25, 0.3) is 0 Å². The molecule has 1 amide bonds. The van der Waals surface area contributed by atoms with Crippen molar-refractivity contribution in [2.24, 2.45) is 0 Å². The van der Waals surface area contributed by atoms with Crippen LogP contribution in [0.2, 0.25) is 0 Å². The molecule has 1 saturated heterocycles. The molecular formula is C17H22N2O3. The smallest absolute Gasteiger partial charge is 0.220 e. The molecule has 0 aromatic carbocycles. The average Bonchev–Trinajstić information content (AvgIpc) is 2.59. The first-order valence-electron chi connectivity index (χ1n) is 7.76. The van der Waals surface area contributed by atoms with E-state index in [-0.39, 0.29) is 5.91 Å². The monoisotopic (exact) mass is 302 g/mol. The highest BCUT2D eigenvalue weighted by Crippen LogP contribution is 2.35. The molecule has 1 fully saturated rings. The summed E-state index contributed by atoms with van der Waals surface area (Å²) in [5, 5.41) is 2.68. The first-order chi connectivity index (χ1) is 10.8. The van der Waals surface area contributed by atoms with Crippen LogP contribution in [0.4, 0.5) is 0 Å². The topological polar surface area (TPSA) is 50.8 Å². The third-order valence-corrected chi connectivity index (χ3v) is 4.23. The number of fused-ring (bicyclic) bond motifs is 1. The summed E-state index contributed by atoms with van der Waals surface area (Å²) in [6.45, 7) is 3.38. The Morgan fingerprint density at radius 3 is 2.95 bits per heavy atom. The summed E-state index contributed by atoms with van der Waals surface area (Å²) in [5.74, 6) is 0.0809. The zero-order valence-corrected chi connectivity index (χ0v) is 12.9. The second kappa shape index (κ2) is 6.83. The molecule has 0 spiro atoms. The predicted octanol–water partition coefficient (Wildman–Crippen LogP) is 1.86. The molecule has 0 saturated carbocycles. The van der Waals surface area contributed by atoms with Crippen molar-refractivity contribution >= 4 is 5.91 Å². The minimum Gasteiger partial charge on any atom is -0.472 e. The number of ether oxygens (including phenoxy) is 2. The van der Waals surface area contributed by atoms with E-state index in [1.54, 1.807) is 19.6 Å². The van der Waals surface area contributed by atoms with E-state index in [1.165, 1.54) is 16.8 Å². The lowest BCUT2D eigenvalue weighted by Gasteiger charge is -2.35. The second-order valence-electron chi connectivity index (χ2n) is 5.62. The van der Waals surface area contributed by atoms with Crippen molar-refractivity contribution in [3.63, 3.8) is 0 Å². The molecule has 2 heterocycles. The largest absolute Gasteiger partial charge is 0.472 e. The van der Waals surface area contributed by atoms with Gasteiger partial charge in [-0.25, -0.2) is 0 Å². The summed E-state index contributed by atoms with van der Waals surface area (Å²) in [7, 11) is 1.68. The van der Waals surface area contributed by atoms with E-state index in [9.17, 15) is 4.79 Å². The highest BCUT2D eigenvalue weighted by atomic mass is 16.5. The molecule has 0 bridgehead atoms. The van der Waals surface area contributed by atoms with Crippen molar-refractivity contribution in [2.45, 2.75) is 19.3 Å². The van der Waals surface area contributed by atoms with E-state index < -0.39 is 0 Å². The van der Waals surface area contributed by atoms with Gasteiger partial charge in [0.2, 0.25) is 5.91 Å². The van der Waals surface area contributed by atoms with Crippen LogP contribution >= 0.6 is 0 Å². The molecule has 118 valence electrons. The van der Waals surface area contributed by atoms with Crippen molar-refractivity contribution in [3.8, 4) is 0 Å². The normalized spacial score (nSPS) is 20.9. The maximum absolute atomic E-state index is 11.5. The maximum Gasteiger partial charge on any atom is 0.220 e. The molecule has 0 aromatic heterocycles. The van der Waals surface area contributed by atoms with Crippen LogP contribution < -0.4 is 5.32 Å². The number of amides is 1. The summed E-state index contributed by atoms with van der Waals surface area (Å²) < 4.78 is 10.8. The number of hydrogen-bond acceptors (Lipinski definition) is 4. The van der Waals surface area contributed by atoms with Gasteiger partial charge in [-0.2, -0.15) is 0 Å². The Hall–Kier alpha value is -2.01. The minimum absolute atomic E-state index is 0.0809. The zero-order chi connectivity index (χ0) is 15.4. The Bertz CT molecular complexity index is 566. The lowest BCUT2D eigenvalue weighted by Crippen LogP contribution is -2.37. The fraction of sp³-hybridized carbons (Fsp3) is 0.471. The van der Waals surface area contributed by atoms with E-state index in [0.29, 0.717) is 6.42 Å². The van der Waals surface area contributed by atoms with Crippen LogP contribution in [0.25, 0.3) is 0 Å². The number of nitrogens with one attached hydrogen (secondary N) is 1. The van der Waals surface area contributed by atoms with Crippen molar-refractivity contribution < 1.29 is 14.3 Å². The van der Waals surface area contributed by atoms with Gasteiger partial charge in [-0.05, 0) is 12.5 Å². The third-order valence-electron chi connectivity index (χ3n) is 4.23. The Morgan fingerprint density at radius 2 is 2.18 bits per heavy atom. The van der Waals surface area contributed by atoms with Crippen LogP contribution in [0.5, 0.6) is 0 Å². The molecule has 0 radical (unpaired) electrons. The zero-order valence-electron chi connectivity index (χ0n) is 12.9. The minimum atomic E-state index is 0.0809. The van der Waals surface area contributed by atoms with E-state index in [1.807, 2.05) is 6.08 Å². The summed E-state index contributed by atoms with van der Waals surface area (Å²) in [6.07, 6.45) is 9.91. The first kappa shape index (κ1) is 14.9. The summed E-state index contributed by atoms with van der Waals surface area (Å²) in [4.78, 5) is 13.9. The van der Waals surface area contributed by atoms with E-state index in [0.717, 1.165) is 44.7 Å². The van der Waals surface area contributed by atoms with Crippen LogP contribution in [-0.4, -0.2) is 44.2 Å². The van der Waals surface area contributed by atoms with Gasteiger partial charge in [-0.1, -0.05) is 11.6 Å². The van der Waals surface area contributed by atoms with Crippen molar-refractivity contribution in [2.75, 3.05) is 33.4 Å². The number of rotatable bonds is 4. The number of nitrogens with zero attached hydrogens (tertiary/aromatic N) is 1. The van der Waals surface area contributed by atoms with Crippen molar-refractivity contribution in [1.82, 2.24) is 10.2 Å². The Labute approximate surface area is 131 Å². The van der Waals surface area contributed by atoms with Crippen LogP contribution in [0.1, 0.15) is 19.3 Å². The Morgan fingerprint density at radius 1 is 1.36 bits per heavy atom. The van der Waals surface area contributed by atoms with Gasteiger partial charge in [0.1, 0.15) is 0 Å². The molecule has 0 aromatic rings. The van der Waals surface area contributed by atoms with Gasteiger partial charge >= 0.3 is 0 Å². The van der Waals surface area contributed by atoms with Crippen LogP contribution in [0, 0.1) is 0 Å². The first-order valence-corrected chi connectivity index (χ1v) is 7.76. The Kier molecular flexibility index (Phi) is 4.63. The number of hydrogen-bond donors (Lipinski definition) is 1. The molecule has 3 rings (SSSR count). The summed E-state index contributed by atoms with van der Waals surface area (Å²) in [6, 6.07) is 0. The highest BCUT2D eigenvalue weighted by molar-refractivity contribution is 5.75. The molecular weight excluding hydrogens is 280 g/mol. The highest BCUT2D eigenvalue weighted by Gasteiger charge is 2.24. The lowest BCUT2D eigenvalue weighted by atomic mass is 9.88. The fourth-order valence-corrected chi connectivity index (χ4v) is 3.01. The fourth-order valence-electron chi connectivity index (χ4n) is 3.01. The van der Waals surface area contributed by atoms with Gasteiger partial charge < -0.3 is 19.7 Å². The molecule has 0 unspecified atom stereocenters. The van der Waals surface area contributed by atoms with E-state index in [4.69, 9.17) is 9.47 Å². The number of carbonyl (C=O) groups is 1. The number of allylic oxidation sites excluding steroid dienone is 5. The molecule has 1 N–H and O–H groups in total. The third kappa shape index (κ3) is 3.25. The lowest BCUT2D eigenvalue weighted by molar-refractivity contribution is -0.120. The standard InChI is InChI=1S/C17H22N2O3/c1-18-17(20)3-2-13-10-14-12-22-7-4-15(14)16(11-13)19-5-8-21-9-6-19/h4,7,10,12H,2-3,5-6,8-9,11H2,1H3,(H,18,20). The quantitative estimate of drug-likeness (QED) is 0.861. The van der Waals surface area contributed by atoms with Crippen LogP contribution in [0.15, 0.2) is 47.1 Å². The summed E-state index contributed by atoms with van der Waals surface area (Å²) >= 11 is 0. The molecule has 1 aliphatic carbocycles. The SMILES string of the molecule is CNC(=O)CCC1=CC2=COC=CC2=C(N2CCOCC2)C1. The van der Waals surface area contributed by atoms with Gasteiger partial charge in [-0.15, -0.1) is 0 Å². The molecule has 2 aliphatic heterocycles. The van der Waals surface area contributed by atoms with Gasteiger partial charge in [-0.3, -0.25) is 4.79 Å². The molecule has 22 heavy (non-hydrogen) atoms. The average molecular weight is 302 g/mol. The molecule has 0 atom stereocenters. The molecule has 5 nitrogen and oxygen atoms in total. The Balaban J connectivity index is 1.79. The van der Waals surface area contributed by atoms with Gasteiger partial charge in [0, 0.05) is 49.8 Å². The summed E-state index contributed by atoms with van der Waals surface area (Å²) in [5.41, 5.74) is 4.93. The molecule has 5 heteroatoms. The van der Waals surface area contributed by atoms with Gasteiger partial charge in [0.05, 0.1) is 25.7 Å². The second-order valence-corrected chi connectivity index (χ2v) is 5.62. The van der Waals surface area contributed by atoms with Crippen molar-refractivity contribution in [1.29, 1.82) is 0 Å². The maximum atomic E-state index is 11.5. The predicted molar refractivity (Wildman–Crippen MR) is 83.7 cm³/mol. The van der Waals surface area contributed by atoms with E-state index >= 15 is 0 Å². The number of carbonyl (C=O) groups excluding carboxylic acids is 1. The van der Waals surface area contributed by atoms with E-state index in [2.05, 4.69) is 16.3 Å². The molecule has 3 aliphatic rings. The number of morpholine rings is 1. The van der Waals surface area contributed by atoms with Crippen molar-refractivity contribution in [3.05, 3.63) is 47.1 Å².